The lowest BCUT2D eigenvalue weighted by molar-refractivity contribution is -0.137. The molecule has 1 aromatic carbocycles. The molecule has 1 aliphatic rings. The Balaban J connectivity index is 1.95. The SMILES string of the molecule is Oc1c2c(nn1-c1ncccc1C(F)(F)F)CCc1ccccc1-2. The number of hydrogen-bond acceptors (Lipinski definition) is 3. The van der Waals surface area contributed by atoms with E-state index in [9.17, 15) is 18.3 Å². The third-order valence-electron chi connectivity index (χ3n) is 4.14. The minimum Gasteiger partial charge on any atom is -0.493 e. The molecule has 0 atom stereocenters. The molecule has 7 heteroatoms. The van der Waals surface area contributed by atoms with Gasteiger partial charge in [-0.15, -0.1) is 0 Å². The summed E-state index contributed by atoms with van der Waals surface area (Å²) in [5.41, 5.74) is 1.96. The number of alkyl halides is 3. The molecule has 0 spiro atoms. The monoisotopic (exact) mass is 331 g/mol. The van der Waals surface area contributed by atoms with Crippen molar-refractivity contribution < 1.29 is 18.3 Å². The molecular weight excluding hydrogens is 319 g/mol. The number of benzene rings is 1. The smallest absolute Gasteiger partial charge is 0.420 e. The summed E-state index contributed by atoms with van der Waals surface area (Å²) in [5.74, 6) is -0.740. The summed E-state index contributed by atoms with van der Waals surface area (Å²) in [7, 11) is 0. The predicted octanol–water partition coefficient (Wildman–Crippen LogP) is 3.76. The van der Waals surface area contributed by atoms with Crippen LogP contribution in [0.25, 0.3) is 16.9 Å². The first kappa shape index (κ1) is 14.7. The topological polar surface area (TPSA) is 50.9 Å². The summed E-state index contributed by atoms with van der Waals surface area (Å²) in [5, 5.41) is 14.8. The van der Waals surface area contributed by atoms with Crippen LogP contribution in [0, 0.1) is 0 Å². The molecule has 24 heavy (non-hydrogen) atoms. The molecule has 4 rings (SSSR count). The molecule has 0 amide bonds. The minimum atomic E-state index is -4.58. The zero-order chi connectivity index (χ0) is 16.9. The van der Waals surface area contributed by atoms with Crippen molar-refractivity contribution in [3.05, 3.63) is 59.4 Å². The standard InChI is InChI=1S/C17H12F3N3O/c18-17(19,20)12-6-3-9-21-15(12)23-16(24)14-11-5-2-1-4-10(11)7-8-13(14)22-23/h1-6,9,24H,7-8H2. The normalized spacial score (nSPS) is 13.5. The van der Waals surface area contributed by atoms with Crippen LogP contribution in [0.15, 0.2) is 42.6 Å². The molecule has 0 fully saturated rings. The summed E-state index contributed by atoms with van der Waals surface area (Å²) in [4.78, 5) is 3.80. The van der Waals surface area contributed by atoms with Gasteiger partial charge in [-0.05, 0) is 36.1 Å². The van der Waals surface area contributed by atoms with E-state index < -0.39 is 17.6 Å². The molecule has 0 bridgehead atoms. The molecule has 0 saturated heterocycles. The van der Waals surface area contributed by atoms with Gasteiger partial charge >= 0.3 is 6.18 Å². The number of fused-ring (bicyclic) bond motifs is 3. The Morgan fingerprint density at radius 1 is 1.04 bits per heavy atom. The number of rotatable bonds is 1. The van der Waals surface area contributed by atoms with E-state index in [0.29, 0.717) is 17.7 Å². The molecule has 0 aliphatic heterocycles. The van der Waals surface area contributed by atoms with Gasteiger partial charge in [0, 0.05) is 6.20 Å². The van der Waals surface area contributed by atoms with Gasteiger partial charge in [0.15, 0.2) is 5.82 Å². The van der Waals surface area contributed by atoms with Crippen molar-refractivity contribution in [2.75, 3.05) is 0 Å². The van der Waals surface area contributed by atoms with Crippen LogP contribution in [0.5, 0.6) is 5.88 Å². The van der Waals surface area contributed by atoms with E-state index in [2.05, 4.69) is 10.1 Å². The second-order valence-corrected chi connectivity index (χ2v) is 5.59. The van der Waals surface area contributed by atoms with Crippen LogP contribution in [-0.2, 0) is 19.0 Å². The highest BCUT2D eigenvalue weighted by Gasteiger charge is 2.36. The molecule has 0 unspecified atom stereocenters. The first-order chi connectivity index (χ1) is 11.5. The lowest BCUT2D eigenvalue weighted by Crippen LogP contribution is -2.13. The van der Waals surface area contributed by atoms with Gasteiger partial charge < -0.3 is 5.11 Å². The number of hydrogen-bond donors (Lipinski definition) is 1. The Labute approximate surface area is 135 Å². The summed E-state index contributed by atoms with van der Waals surface area (Å²) in [6.07, 6.45) is -2.05. The molecule has 3 aromatic rings. The van der Waals surface area contributed by atoms with Crippen molar-refractivity contribution in [2.45, 2.75) is 19.0 Å². The average molecular weight is 331 g/mol. The Morgan fingerprint density at radius 3 is 2.62 bits per heavy atom. The van der Waals surface area contributed by atoms with Crippen molar-refractivity contribution in [3.63, 3.8) is 0 Å². The van der Waals surface area contributed by atoms with Crippen LogP contribution in [0.2, 0.25) is 0 Å². The van der Waals surface area contributed by atoms with Gasteiger partial charge in [-0.3, -0.25) is 0 Å². The fourth-order valence-electron chi connectivity index (χ4n) is 3.07. The Bertz CT molecular complexity index is 931. The number of aromatic nitrogens is 3. The molecule has 1 aliphatic carbocycles. The summed E-state index contributed by atoms with van der Waals surface area (Å²) < 4.78 is 40.6. The second-order valence-electron chi connectivity index (χ2n) is 5.59. The maximum Gasteiger partial charge on any atom is 0.420 e. The van der Waals surface area contributed by atoms with E-state index in [1.165, 1.54) is 12.3 Å². The minimum absolute atomic E-state index is 0.318. The van der Waals surface area contributed by atoms with Crippen LogP contribution in [0.4, 0.5) is 13.2 Å². The van der Waals surface area contributed by atoms with Crippen molar-refractivity contribution >= 4 is 0 Å². The lowest BCUT2D eigenvalue weighted by Gasteiger charge is -2.14. The van der Waals surface area contributed by atoms with E-state index in [4.69, 9.17) is 0 Å². The van der Waals surface area contributed by atoms with E-state index in [1.54, 1.807) is 0 Å². The van der Waals surface area contributed by atoms with Gasteiger partial charge in [-0.25, -0.2) is 4.98 Å². The lowest BCUT2D eigenvalue weighted by atomic mass is 9.90. The van der Waals surface area contributed by atoms with Crippen LogP contribution in [-0.4, -0.2) is 19.9 Å². The highest BCUT2D eigenvalue weighted by Crippen LogP contribution is 2.41. The Hall–Kier alpha value is -2.83. The highest BCUT2D eigenvalue weighted by molar-refractivity contribution is 5.76. The van der Waals surface area contributed by atoms with Crippen molar-refractivity contribution in [1.82, 2.24) is 14.8 Å². The van der Waals surface area contributed by atoms with Gasteiger partial charge in [0.2, 0.25) is 5.88 Å². The summed E-state index contributed by atoms with van der Waals surface area (Å²) in [6.45, 7) is 0. The van der Waals surface area contributed by atoms with E-state index in [0.717, 1.165) is 28.3 Å². The highest BCUT2D eigenvalue weighted by atomic mass is 19.4. The van der Waals surface area contributed by atoms with Crippen LogP contribution < -0.4 is 0 Å². The van der Waals surface area contributed by atoms with Gasteiger partial charge in [0.05, 0.1) is 11.3 Å². The molecular formula is C17H12F3N3O. The second kappa shape index (κ2) is 5.09. The zero-order valence-electron chi connectivity index (χ0n) is 12.4. The molecule has 4 nitrogen and oxygen atoms in total. The van der Waals surface area contributed by atoms with Gasteiger partial charge in [-0.1, -0.05) is 24.3 Å². The van der Waals surface area contributed by atoms with Gasteiger partial charge in [0.25, 0.3) is 0 Å². The van der Waals surface area contributed by atoms with Crippen LogP contribution in [0.1, 0.15) is 16.8 Å². The van der Waals surface area contributed by atoms with Crippen molar-refractivity contribution in [3.8, 4) is 22.8 Å². The van der Waals surface area contributed by atoms with Crippen LogP contribution >= 0.6 is 0 Å². The summed E-state index contributed by atoms with van der Waals surface area (Å²) in [6, 6.07) is 9.63. The van der Waals surface area contributed by atoms with Crippen molar-refractivity contribution in [1.29, 1.82) is 0 Å². The van der Waals surface area contributed by atoms with Gasteiger partial charge in [0.1, 0.15) is 5.56 Å². The first-order valence-corrected chi connectivity index (χ1v) is 7.38. The largest absolute Gasteiger partial charge is 0.493 e. The fraction of sp³-hybridized carbons (Fsp3) is 0.176. The Morgan fingerprint density at radius 2 is 1.83 bits per heavy atom. The quantitative estimate of drug-likeness (QED) is 0.739. The number of halogens is 3. The molecule has 1 N–H and O–H groups in total. The summed E-state index contributed by atoms with van der Waals surface area (Å²) >= 11 is 0. The number of aromatic hydroxyl groups is 1. The molecule has 2 aromatic heterocycles. The van der Waals surface area contributed by atoms with Crippen molar-refractivity contribution in [2.24, 2.45) is 0 Å². The van der Waals surface area contributed by atoms with Gasteiger partial charge in [-0.2, -0.15) is 23.0 Å². The first-order valence-electron chi connectivity index (χ1n) is 7.38. The molecule has 0 saturated carbocycles. The van der Waals surface area contributed by atoms with E-state index in [1.807, 2.05) is 24.3 Å². The third kappa shape index (κ3) is 2.16. The average Bonchev–Trinajstić information content (AvgIpc) is 2.91. The number of pyridine rings is 1. The number of nitrogens with zero attached hydrogens (tertiary/aromatic N) is 3. The fourth-order valence-corrected chi connectivity index (χ4v) is 3.07. The molecule has 2 heterocycles. The molecule has 122 valence electrons. The Kier molecular flexibility index (Phi) is 3.13. The van der Waals surface area contributed by atoms with E-state index in [-0.39, 0.29) is 5.88 Å². The maximum atomic E-state index is 13.2. The maximum absolute atomic E-state index is 13.2. The molecule has 0 radical (unpaired) electrons. The third-order valence-corrected chi connectivity index (χ3v) is 4.14. The number of aryl methyl sites for hydroxylation is 2. The van der Waals surface area contributed by atoms with Crippen LogP contribution in [0.3, 0.4) is 0 Å². The van der Waals surface area contributed by atoms with E-state index >= 15 is 0 Å². The zero-order valence-corrected chi connectivity index (χ0v) is 12.4. The predicted molar refractivity (Wildman–Crippen MR) is 80.9 cm³/mol.